The first-order valence-electron chi connectivity index (χ1n) is 5.47. The quantitative estimate of drug-likeness (QED) is 0.795. The van der Waals surface area contributed by atoms with Crippen LogP contribution in [0.5, 0.6) is 5.75 Å². The Labute approximate surface area is 101 Å². The third-order valence-electron chi connectivity index (χ3n) is 2.46. The zero-order valence-corrected chi connectivity index (χ0v) is 9.63. The fourth-order valence-corrected chi connectivity index (χ4v) is 1.62. The molecule has 1 atom stereocenters. The second-order valence-corrected chi connectivity index (χ2v) is 3.85. The summed E-state index contributed by atoms with van der Waals surface area (Å²) in [4.78, 5) is 0. The van der Waals surface area contributed by atoms with E-state index in [0.29, 0.717) is 0 Å². The van der Waals surface area contributed by atoms with Gasteiger partial charge in [0.15, 0.2) is 0 Å². The number of hydrogen-bond donors (Lipinski definition) is 0. The summed E-state index contributed by atoms with van der Waals surface area (Å²) in [6.07, 6.45) is -0.557. The lowest BCUT2D eigenvalue weighted by molar-refractivity contribution is 0.262. The van der Waals surface area contributed by atoms with Gasteiger partial charge in [-0.1, -0.05) is 42.5 Å². The van der Waals surface area contributed by atoms with Crippen molar-refractivity contribution < 1.29 is 4.74 Å². The first-order valence-corrected chi connectivity index (χ1v) is 5.47. The van der Waals surface area contributed by atoms with Gasteiger partial charge in [-0.2, -0.15) is 5.26 Å². The smallest absolute Gasteiger partial charge is 0.209 e. The van der Waals surface area contributed by atoms with Crippen LogP contribution in [0, 0.1) is 18.3 Å². The van der Waals surface area contributed by atoms with Gasteiger partial charge in [-0.25, -0.2) is 0 Å². The minimum atomic E-state index is -0.557. The first-order chi connectivity index (χ1) is 8.29. The third kappa shape index (κ3) is 2.85. The molecule has 0 radical (unpaired) electrons. The molecular weight excluding hydrogens is 210 g/mol. The van der Waals surface area contributed by atoms with Crippen LogP contribution in [0.15, 0.2) is 54.6 Å². The van der Waals surface area contributed by atoms with Gasteiger partial charge in [-0.3, -0.25) is 0 Å². The molecule has 0 amide bonds. The lowest BCUT2D eigenvalue weighted by Crippen LogP contribution is -2.04. The summed E-state index contributed by atoms with van der Waals surface area (Å²) >= 11 is 0. The highest BCUT2D eigenvalue weighted by Crippen LogP contribution is 2.21. The van der Waals surface area contributed by atoms with Gasteiger partial charge >= 0.3 is 0 Å². The monoisotopic (exact) mass is 223 g/mol. The van der Waals surface area contributed by atoms with E-state index in [1.807, 2.05) is 61.5 Å². The molecule has 0 heterocycles. The number of aryl methyl sites for hydroxylation is 1. The van der Waals surface area contributed by atoms with Crippen molar-refractivity contribution in [3.05, 3.63) is 65.7 Å². The molecule has 0 aliphatic rings. The fourth-order valence-electron chi connectivity index (χ4n) is 1.62. The number of hydrogen-bond acceptors (Lipinski definition) is 2. The maximum atomic E-state index is 9.14. The molecule has 0 N–H and O–H groups in total. The van der Waals surface area contributed by atoms with Gasteiger partial charge in [0, 0.05) is 5.56 Å². The molecule has 0 bridgehead atoms. The second kappa shape index (κ2) is 5.18. The Morgan fingerprint density at radius 2 is 1.82 bits per heavy atom. The van der Waals surface area contributed by atoms with Crippen LogP contribution >= 0.6 is 0 Å². The molecule has 2 heteroatoms. The Bertz CT molecular complexity index is 528. The van der Waals surface area contributed by atoms with Gasteiger partial charge in [0.1, 0.15) is 11.8 Å². The lowest BCUT2D eigenvalue weighted by atomic mass is 10.1. The molecule has 0 saturated carbocycles. The third-order valence-corrected chi connectivity index (χ3v) is 2.46. The Morgan fingerprint density at radius 3 is 2.47 bits per heavy atom. The van der Waals surface area contributed by atoms with Gasteiger partial charge in [-0.05, 0) is 24.6 Å². The highest BCUT2D eigenvalue weighted by Gasteiger charge is 2.11. The summed E-state index contributed by atoms with van der Waals surface area (Å²) in [6.45, 7) is 2.00. The summed E-state index contributed by atoms with van der Waals surface area (Å²) in [5.41, 5.74) is 1.99. The number of nitriles is 1. The second-order valence-electron chi connectivity index (χ2n) is 3.85. The molecule has 0 aromatic heterocycles. The van der Waals surface area contributed by atoms with Crippen LogP contribution in [-0.2, 0) is 0 Å². The predicted octanol–water partition coefficient (Wildman–Crippen LogP) is 3.64. The maximum absolute atomic E-state index is 9.14. The molecule has 2 aromatic carbocycles. The Hall–Kier alpha value is -2.27. The normalized spacial score (nSPS) is 11.5. The highest BCUT2D eigenvalue weighted by molar-refractivity contribution is 5.30. The molecule has 0 aliphatic heterocycles. The van der Waals surface area contributed by atoms with Gasteiger partial charge in [-0.15, -0.1) is 0 Å². The molecule has 0 saturated heterocycles. The van der Waals surface area contributed by atoms with Crippen LogP contribution in [0.4, 0.5) is 0 Å². The lowest BCUT2D eigenvalue weighted by Gasteiger charge is -2.12. The average molecular weight is 223 g/mol. The van der Waals surface area contributed by atoms with Crippen molar-refractivity contribution in [2.45, 2.75) is 13.0 Å². The molecule has 0 fully saturated rings. The summed E-state index contributed by atoms with van der Waals surface area (Å²) < 4.78 is 5.67. The summed E-state index contributed by atoms with van der Waals surface area (Å²) in [6, 6.07) is 19.4. The molecule has 2 nitrogen and oxygen atoms in total. The van der Waals surface area contributed by atoms with E-state index in [4.69, 9.17) is 10.00 Å². The Morgan fingerprint density at radius 1 is 1.06 bits per heavy atom. The van der Waals surface area contributed by atoms with Crippen molar-refractivity contribution in [3.8, 4) is 11.8 Å². The summed E-state index contributed by atoms with van der Waals surface area (Å²) in [5.74, 6) is 0.723. The Kier molecular flexibility index (Phi) is 3.42. The SMILES string of the molecule is Cc1cccc(OC(C#N)c2ccccc2)c1. The van der Waals surface area contributed by atoms with Crippen LogP contribution in [0.1, 0.15) is 17.2 Å². The van der Waals surface area contributed by atoms with Crippen molar-refractivity contribution in [2.24, 2.45) is 0 Å². The van der Waals surface area contributed by atoms with E-state index in [0.717, 1.165) is 16.9 Å². The average Bonchev–Trinajstić information content (AvgIpc) is 2.37. The van der Waals surface area contributed by atoms with Crippen molar-refractivity contribution >= 4 is 0 Å². The molecule has 2 aromatic rings. The van der Waals surface area contributed by atoms with Gasteiger partial charge < -0.3 is 4.74 Å². The Balaban J connectivity index is 2.20. The van der Waals surface area contributed by atoms with Crippen molar-refractivity contribution in [3.63, 3.8) is 0 Å². The van der Waals surface area contributed by atoms with E-state index in [-0.39, 0.29) is 0 Å². The minimum absolute atomic E-state index is 0.557. The molecule has 0 spiro atoms. The summed E-state index contributed by atoms with van der Waals surface area (Å²) in [7, 11) is 0. The molecule has 2 rings (SSSR count). The number of ether oxygens (including phenoxy) is 1. The van der Waals surface area contributed by atoms with Crippen LogP contribution in [0.25, 0.3) is 0 Å². The molecule has 0 aliphatic carbocycles. The van der Waals surface area contributed by atoms with Gasteiger partial charge in [0.05, 0.1) is 0 Å². The molecule has 1 unspecified atom stereocenters. The maximum Gasteiger partial charge on any atom is 0.209 e. The fraction of sp³-hybridized carbons (Fsp3) is 0.133. The van der Waals surface area contributed by atoms with E-state index in [9.17, 15) is 0 Å². The first kappa shape index (κ1) is 11.2. The zero-order chi connectivity index (χ0) is 12.1. The topological polar surface area (TPSA) is 33.0 Å². The standard InChI is InChI=1S/C15H13NO/c1-12-6-5-9-14(10-12)17-15(11-16)13-7-3-2-4-8-13/h2-10,15H,1H3. The van der Waals surface area contributed by atoms with Crippen molar-refractivity contribution in [1.29, 1.82) is 5.26 Å². The molecular formula is C15H13NO. The number of nitrogens with zero attached hydrogens (tertiary/aromatic N) is 1. The number of benzene rings is 2. The van der Waals surface area contributed by atoms with Crippen molar-refractivity contribution in [1.82, 2.24) is 0 Å². The van der Waals surface area contributed by atoms with Crippen LogP contribution in [0.3, 0.4) is 0 Å². The van der Waals surface area contributed by atoms with Crippen LogP contribution < -0.4 is 4.74 Å². The summed E-state index contributed by atoms with van der Waals surface area (Å²) in [5, 5.41) is 9.14. The predicted molar refractivity (Wildman–Crippen MR) is 66.6 cm³/mol. The van der Waals surface area contributed by atoms with Gasteiger partial charge in [0.2, 0.25) is 6.10 Å². The van der Waals surface area contributed by atoms with Crippen molar-refractivity contribution in [2.75, 3.05) is 0 Å². The van der Waals surface area contributed by atoms with Crippen LogP contribution in [0.2, 0.25) is 0 Å². The highest BCUT2D eigenvalue weighted by atomic mass is 16.5. The zero-order valence-electron chi connectivity index (χ0n) is 9.63. The molecule has 17 heavy (non-hydrogen) atoms. The number of rotatable bonds is 3. The largest absolute Gasteiger partial charge is 0.471 e. The van der Waals surface area contributed by atoms with E-state index in [2.05, 4.69) is 6.07 Å². The van der Waals surface area contributed by atoms with Crippen LogP contribution in [-0.4, -0.2) is 0 Å². The molecule has 84 valence electrons. The van der Waals surface area contributed by atoms with E-state index < -0.39 is 6.10 Å². The van der Waals surface area contributed by atoms with E-state index >= 15 is 0 Å². The van der Waals surface area contributed by atoms with E-state index in [1.54, 1.807) is 0 Å². The van der Waals surface area contributed by atoms with Gasteiger partial charge in [0.25, 0.3) is 0 Å². The minimum Gasteiger partial charge on any atom is -0.471 e. The van der Waals surface area contributed by atoms with E-state index in [1.165, 1.54) is 0 Å².